The van der Waals surface area contributed by atoms with Crippen LogP contribution in [0.2, 0.25) is 0 Å². The number of aromatic nitrogens is 2. The lowest BCUT2D eigenvalue weighted by Crippen LogP contribution is -1.97. The second-order valence-corrected chi connectivity index (χ2v) is 5.71. The zero-order chi connectivity index (χ0) is 13.2. The third-order valence-corrected chi connectivity index (χ3v) is 4.40. The summed E-state index contributed by atoms with van der Waals surface area (Å²) in [5.74, 6) is -0.560. The zero-order valence-corrected chi connectivity index (χ0v) is 11.2. The average molecular weight is 292 g/mol. The zero-order valence-electron chi connectivity index (χ0n) is 9.57. The van der Waals surface area contributed by atoms with E-state index in [1.54, 1.807) is 6.07 Å². The number of hydrogen-bond donors (Lipinski definition) is 1. The van der Waals surface area contributed by atoms with Gasteiger partial charge < -0.3 is 9.52 Å². The third-order valence-electron chi connectivity index (χ3n) is 2.57. The molecule has 0 radical (unpaired) electrons. The van der Waals surface area contributed by atoms with E-state index in [1.807, 2.05) is 18.2 Å². The van der Waals surface area contributed by atoms with Crippen molar-refractivity contribution in [2.24, 2.45) is 0 Å². The molecule has 0 aliphatic heterocycles. The third kappa shape index (κ3) is 2.34. The number of carboxylic acid groups (broad SMARTS) is 1. The fourth-order valence-electron chi connectivity index (χ4n) is 1.78. The molecule has 0 fully saturated rings. The van der Waals surface area contributed by atoms with Crippen molar-refractivity contribution in [1.29, 1.82) is 0 Å². The monoisotopic (exact) mass is 292 g/mol. The minimum Gasteiger partial charge on any atom is -0.475 e. The minimum atomic E-state index is -1.05. The highest BCUT2D eigenvalue weighted by atomic mass is 32.2. The molecule has 3 rings (SSSR count). The lowest BCUT2D eigenvalue weighted by atomic mass is 10.1. The van der Waals surface area contributed by atoms with Gasteiger partial charge in [-0.1, -0.05) is 30.0 Å². The van der Waals surface area contributed by atoms with Gasteiger partial charge in [0.15, 0.2) is 4.34 Å². The Kier molecular flexibility index (Phi) is 3.22. The smallest absolute Gasteiger partial charge is 0.372 e. The van der Waals surface area contributed by atoms with Crippen molar-refractivity contribution in [3.8, 4) is 0 Å². The van der Waals surface area contributed by atoms with E-state index in [0.29, 0.717) is 16.9 Å². The van der Waals surface area contributed by atoms with Crippen molar-refractivity contribution >= 4 is 40.2 Å². The molecule has 5 nitrogen and oxygen atoms in total. The summed E-state index contributed by atoms with van der Waals surface area (Å²) in [6.07, 6.45) is 1.48. The van der Waals surface area contributed by atoms with Crippen LogP contribution in [0.25, 0.3) is 11.0 Å². The predicted molar refractivity (Wildman–Crippen MR) is 72.6 cm³/mol. The summed E-state index contributed by atoms with van der Waals surface area (Å²) < 4.78 is 10.1. The Morgan fingerprint density at radius 2 is 2.26 bits per heavy atom. The summed E-state index contributed by atoms with van der Waals surface area (Å²) in [6, 6.07) is 7.31. The first-order valence-electron chi connectivity index (χ1n) is 5.39. The fourth-order valence-corrected chi connectivity index (χ4v) is 3.25. The van der Waals surface area contributed by atoms with Gasteiger partial charge in [-0.2, -0.15) is 4.37 Å². The second-order valence-electron chi connectivity index (χ2n) is 3.71. The SMILES string of the molecule is O=C(O)c1oc2ccccc2c1CSc1ncns1. The molecule has 1 aromatic carbocycles. The first-order chi connectivity index (χ1) is 9.25. The van der Waals surface area contributed by atoms with E-state index >= 15 is 0 Å². The van der Waals surface area contributed by atoms with Gasteiger partial charge >= 0.3 is 5.97 Å². The van der Waals surface area contributed by atoms with Crippen molar-refractivity contribution in [2.75, 3.05) is 0 Å². The van der Waals surface area contributed by atoms with Gasteiger partial charge in [0.1, 0.15) is 11.9 Å². The number of furan rings is 1. The maximum absolute atomic E-state index is 11.2. The Balaban J connectivity index is 2.00. The number of fused-ring (bicyclic) bond motifs is 1. The molecular weight excluding hydrogens is 284 g/mol. The Morgan fingerprint density at radius 3 is 3.00 bits per heavy atom. The molecule has 19 heavy (non-hydrogen) atoms. The van der Waals surface area contributed by atoms with E-state index in [9.17, 15) is 9.90 Å². The van der Waals surface area contributed by atoms with E-state index in [-0.39, 0.29) is 5.76 Å². The molecule has 7 heteroatoms. The van der Waals surface area contributed by atoms with Gasteiger partial charge in [0.25, 0.3) is 0 Å². The van der Waals surface area contributed by atoms with Gasteiger partial charge in [-0.3, -0.25) is 0 Å². The molecule has 0 aliphatic rings. The van der Waals surface area contributed by atoms with E-state index in [4.69, 9.17) is 4.42 Å². The first kappa shape index (κ1) is 12.2. The van der Waals surface area contributed by atoms with Gasteiger partial charge in [0.05, 0.1) is 0 Å². The molecule has 0 atom stereocenters. The van der Waals surface area contributed by atoms with Crippen molar-refractivity contribution in [1.82, 2.24) is 9.36 Å². The van der Waals surface area contributed by atoms with Gasteiger partial charge in [-0.25, -0.2) is 9.78 Å². The highest BCUT2D eigenvalue weighted by Crippen LogP contribution is 2.32. The number of benzene rings is 1. The fraction of sp³-hybridized carbons (Fsp3) is 0.0833. The van der Waals surface area contributed by atoms with Crippen molar-refractivity contribution in [3.05, 3.63) is 41.9 Å². The van der Waals surface area contributed by atoms with Crippen molar-refractivity contribution in [2.45, 2.75) is 10.1 Å². The molecule has 96 valence electrons. The molecule has 3 aromatic rings. The number of thioether (sulfide) groups is 1. The molecule has 0 unspecified atom stereocenters. The van der Waals surface area contributed by atoms with Crippen LogP contribution < -0.4 is 0 Å². The van der Waals surface area contributed by atoms with Crippen molar-refractivity contribution < 1.29 is 14.3 Å². The van der Waals surface area contributed by atoms with Crippen molar-refractivity contribution in [3.63, 3.8) is 0 Å². The molecule has 0 amide bonds. The van der Waals surface area contributed by atoms with Crippen LogP contribution in [0.5, 0.6) is 0 Å². The Labute approximate surface area is 116 Å². The molecule has 2 aromatic heterocycles. The van der Waals surface area contributed by atoms with Crippen LogP contribution in [-0.2, 0) is 5.75 Å². The molecule has 2 heterocycles. The summed E-state index contributed by atoms with van der Waals surface area (Å²) >= 11 is 2.74. The van der Waals surface area contributed by atoms with E-state index in [0.717, 1.165) is 9.73 Å². The standard InChI is InChI=1S/C12H8N2O3S2/c15-11(16)10-8(5-18-12-13-6-14-19-12)7-3-1-2-4-9(7)17-10/h1-4,6H,5H2,(H,15,16). The van der Waals surface area contributed by atoms with Crippen LogP contribution in [0.1, 0.15) is 16.1 Å². The Morgan fingerprint density at radius 1 is 1.42 bits per heavy atom. The van der Waals surface area contributed by atoms with Gasteiger partial charge in [-0.15, -0.1) is 0 Å². The summed E-state index contributed by atoms with van der Waals surface area (Å²) in [6.45, 7) is 0. The normalized spacial score (nSPS) is 10.9. The highest BCUT2D eigenvalue weighted by molar-refractivity contribution is 8.00. The number of hydrogen-bond acceptors (Lipinski definition) is 6. The number of para-hydroxylation sites is 1. The number of rotatable bonds is 4. The van der Waals surface area contributed by atoms with Crippen LogP contribution in [0.3, 0.4) is 0 Å². The number of nitrogens with zero attached hydrogens (tertiary/aromatic N) is 2. The average Bonchev–Trinajstić information content (AvgIpc) is 3.03. The van der Waals surface area contributed by atoms with Gasteiger partial charge in [0, 0.05) is 16.7 Å². The summed E-state index contributed by atoms with van der Waals surface area (Å²) in [5.41, 5.74) is 1.27. The minimum absolute atomic E-state index is 0.00165. The van der Waals surface area contributed by atoms with E-state index < -0.39 is 5.97 Å². The Bertz CT molecular complexity index is 722. The maximum atomic E-state index is 11.2. The van der Waals surface area contributed by atoms with Gasteiger partial charge in [0.2, 0.25) is 5.76 Å². The maximum Gasteiger partial charge on any atom is 0.372 e. The molecule has 0 spiro atoms. The van der Waals surface area contributed by atoms with Gasteiger partial charge in [-0.05, 0) is 17.6 Å². The molecule has 0 saturated carbocycles. The molecule has 0 saturated heterocycles. The summed E-state index contributed by atoms with van der Waals surface area (Å²) in [4.78, 5) is 15.3. The largest absolute Gasteiger partial charge is 0.475 e. The lowest BCUT2D eigenvalue weighted by molar-refractivity contribution is 0.0664. The summed E-state index contributed by atoms with van der Waals surface area (Å²) in [7, 11) is 0. The number of carboxylic acids is 1. The van der Waals surface area contributed by atoms with E-state index in [2.05, 4.69) is 9.36 Å². The van der Waals surface area contributed by atoms with Crippen LogP contribution in [0.4, 0.5) is 0 Å². The number of aromatic carboxylic acids is 1. The molecule has 0 aliphatic carbocycles. The topological polar surface area (TPSA) is 76.2 Å². The predicted octanol–water partition coefficient (Wildman–Crippen LogP) is 3.27. The summed E-state index contributed by atoms with van der Waals surface area (Å²) in [5, 5.41) is 10.0. The Hall–Kier alpha value is -1.86. The van der Waals surface area contributed by atoms with Crippen LogP contribution in [-0.4, -0.2) is 20.4 Å². The molecule has 1 N–H and O–H groups in total. The van der Waals surface area contributed by atoms with E-state index in [1.165, 1.54) is 29.6 Å². The number of carbonyl (C=O) groups is 1. The first-order valence-corrected chi connectivity index (χ1v) is 7.15. The quantitative estimate of drug-likeness (QED) is 0.744. The van der Waals surface area contributed by atoms with Crippen LogP contribution in [0, 0.1) is 0 Å². The lowest BCUT2D eigenvalue weighted by Gasteiger charge is -1.97. The molecular formula is C12H8N2O3S2. The van der Waals surface area contributed by atoms with Crippen LogP contribution in [0.15, 0.2) is 39.3 Å². The van der Waals surface area contributed by atoms with Crippen LogP contribution >= 0.6 is 23.3 Å². The second kappa shape index (κ2) is 5.02. The highest BCUT2D eigenvalue weighted by Gasteiger charge is 2.19. The molecule has 0 bridgehead atoms.